The van der Waals surface area contributed by atoms with E-state index in [0.717, 1.165) is 5.75 Å². The van der Waals surface area contributed by atoms with Gasteiger partial charge in [-0.2, -0.15) is 0 Å². The fourth-order valence-corrected chi connectivity index (χ4v) is 2.82. The van der Waals surface area contributed by atoms with Gasteiger partial charge < -0.3 is 15.0 Å². The minimum atomic E-state index is 0.601. The molecule has 1 aromatic carbocycles. The predicted molar refractivity (Wildman–Crippen MR) is 81.1 cm³/mol. The summed E-state index contributed by atoms with van der Waals surface area (Å²) in [7, 11) is 1.72. The van der Waals surface area contributed by atoms with Gasteiger partial charge in [-0.15, -0.1) is 0 Å². The highest BCUT2D eigenvalue weighted by molar-refractivity contribution is 5.51. The van der Waals surface area contributed by atoms with Crippen molar-refractivity contribution in [3.05, 3.63) is 23.8 Å². The second-order valence-electron chi connectivity index (χ2n) is 5.39. The van der Waals surface area contributed by atoms with E-state index in [2.05, 4.69) is 36.2 Å². The molecule has 1 heterocycles. The van der Waals surface area contributed by atoms with Gasteiger partial charge in [0.2, 0.25) is 0 Å². The molecule has 1 N–H and O–H groups in total. The zero-order valence-electron chi connectivity index (χ0n) is 12.4. The summed E-state index contributed by atoms with van der Waals surface area (Å²) >= 11 is 0. The fraction of sp³-hybridized carbons (Fsp3) is 0.625. The third-order valence-electron chi connectivity index (χ3n) is 4.03. The molecule has 0 radical (unpaired) electrons. The van der Waals surface area contributed by atoms with Crippen molar-refractivity contribution < 1.29 is 4.74 Å². The summed E-state index contributed by atoms with van der Waals surface area (Å²) in [6.45, 7) is 7.98. The fourth-order valence-electron chi connectivity index (χ4n) is 2.82. The number of rotatable bonds is 4. The summed E-state index contributed by atoms with van der Waals surface area (Å²) in [6, 6.07) is 6.95. The molecule has 0 saturated carbocycles. The number of anilines is 1. The molecule has 1 aromatic rings. The van der Waals surface area contributed by atoms with Crippen molar-refractivity contribution in [2.24, 2.45) is 0 Å². The molecule has 1 aliphatic heterocycles. The molecule has 2 rings (SSSR count). The molecular formula is C16H26N2O. The Morgan fingerprint density at radius 1 is 1.32 bits per heavy atom. The summed E-state index contributed by atoms with van der Waals surface area (Å²) in [5.74, 6) is 0.962. The number of aryl methyl sites for hydroxylation is 1. The molecular weight excluding hydrogens is 236 g/mol. The van der Waals surface area contributed by atoms with Crippen molar-refractivity contribution in [1.29, 1.82) is 0 Å². The first-order valence-electron chi connectivity index (χ1n) is 7.36. The van der Waals surface area contributed by atoms with Crippen molar-refractivity contribution in [2.75, 3.05) is 32.1 Å². The van der Waals surface area contributed by atoms with Crippen LogP contribution in [0.2, 0.25) is 0 Å². The molecule has 0 bridgehead atoms. The molecule has 1 unspecified atom stereocenters. The third-order valence-corrected chi connectivity index (χ3v) is 4.03. The van der Waals surface area contributed by atoms with Gasteiger partial charge in [0.15, 0.2) is 0 Å². The third kappa shape index (κ3) is 3.87. The maximum absolute atomic E-state index is 5.30. The van der Waals surface area contributed by atoms with Crippen LogP contribution in [0.5, 0.6) is 5.75 Å². The van der Waals surface area contributed by atoms with Gasteiger partial charge in [0.25, 0.3) is 0 Å². The number of nitrogens with zero attached hydrogens (tertiary/aromatic N) is 1. The van der Waals surface area contributed by atoms with Gasteiger partial charge in [0.1, 0.15) is 5.75 Å². The van der Waals surface area contributed by atoms with E-state index >= 15 is 0 Å². The molecule has 1 atom stereocenters. The number of hydrogen-bond donors (Lipinski definition) is 1. The summed E-state index contributed by atoms with van der Waals surface area (Å²) in [5, 5.41) is 3.68. The van der Waals surface area contributed by atoms with E-state index in [1.54, 1.807) is 7.11 Å². The average Bonchev–Trinajstić information content (AvgIpc) is 2.64. The molecule has 106 valence electrons. The van der Waals surface area contributed by atoms with Crippen molar-refractivity contribution in [3.8, 4) is 5.75 Å². The Hall–Kier alpha value is -1.22. The van der Waals surface area contributed by atoms with Gasteiger partial charge in [-0.3, -0.25) is 0 Å². The second-order valence-corrected chi connectivity index (χ2v) is 5.39. The number of ether oxygens (including phenoxy) is 1. The van der Waals surface area contributed by atoms with Crippen LogP contribution in [0, 0.1) is 6.92 Å². The van der Waals surface area contributed by atoms with Gasteiger partial charge in [-0.1, -0.05) is 6.92 Å². The molecule has 0 aliphatic carbocycles. The number of likely N-dealkylation sites (tertiary alicyclic amines) is 1. The normalized spacial score (nSPS) is 20.9. The van der Waals surface area contributed by atoms with Crippen LogP contribution in [-0.2, 0) is 0 Å². The van der Waals surface area contributed by atoms with Crippen LogP contribution in [0.4, 0.5) is 5.69 Å². The average molecular weight is 262 g/mol. The van der Waals surface area contributed by atoms with Crippen LogP contribution in [0.1, 0.15) is 31.7 Å². The van der Waals surface area contributed by atoms with Crippen LogP contribution in [0.25, 0.3) is 0 Å². The van der Waals surface area contributed by atoms with E-state index in [1.807, 2.05) is 6.07 Å². The summed E-state index contributed by atoms with van der Waals surface area (Å²) in [6.07, 6.45) is 3.79. The minimum Gasteiger partial charge on any atom is -0.496 e. The lowest BCUT2D eigenvalue weighted by Crippen LogP contribution is -2.26. The lowest BCUT2D eigenvalue weighted by molar-refractivity contribution is 0.300. The Morgan fingerprint density at radius 2 is 2.16 bits per heavy atom. The second kappa shape index (κ2) is 6.80. The van der Waals surface area contributed by atoms with Crippen LogP contribution in [0.15, 0.2) is 18.2 Å². The quantitative estimate of drug-likeness (QED) is 0.901. The van der Waals surface area contributed by atoms with Gasteiger partial charge in [0, 0.05) is 18.3 Å². The molecule has 1 aliphatic rings. The summed E-state index contributed by atoms with van der Waals surface area (Å²) < 4.78 is 5.30. The molecule has 0 spiro atoms. The summed E-state index contributed by atoms with van der Waals surface area (Å²) in [4.78, 5) is 2.54. The largest absolute Gasteiger partial charge is 0.496 e. The van der Waals surface area contributed by atoms with Crippen molar-refractivity contribution in [3.63, 3.8) is 0 Å². The Labute approximate surface area is 116 Å². The van der Waals surface area contributed by atoms with Crippen LogP contribution in [0.3, 0.4) is 0 Å². The van der Waals surface area contributed by atoms with E-state index in [1.165, 1.54) is 50.1 Å². The van der Waals surface area contributed by atoms with Gasteiger partial charge >= 0.3 is 0 Å². The maximum atomic E-state index is 5.30. The first-order valence-corrected chi connectivity index (χ1v) is 7.36. The number of benzene rings is 1. The smallest absolute Gasteiger partial charge is 0.121 e. The number of methoxy groups -OCH3 is 1. The van der Waals surface area contributed by atoms with E-state index < -0.39 is 0 Å². The highest BCUT2D eigenvalue weighted by Gasteiger charge is 2.15. The molecule has 1 fully saturated rings. The molecule has 0 amide bonds. The monoisotopic (exact) mass is 262 g/mol. The molecule has 1 saturated heterocycles. The maximum Gasteiger partial charge on any atom is 0.121 e. The van der Waals surface area contributed by atoms with Crippen LogP contribution >= 0.6 is 0 Å². The van der Waals surface area contributed by atoms with Crippen LogP contribution < -0.4 is 10.1 Å². The predicted octanol–water partition coefficient (Wildman–Crippen LogP) is 3.29. The van der Waals surface area contributed by atoms with Crippen molar-refractivity contribution >= 4 is 5.69 Å². The molecule has 0 aromatic heterocycles. The first kappa shape index (κ1) is 14.2. The van der Waals surface area contributed by atoms with Gasteiger partial charge in [0.05, 0.1) is 7.11 Å². The topological polar surface area (TPSA) is 24.5 Å². The van der Waals surface area contributed by atoms with E-state index in [9.17, 15) is 0 Å². The molecule has 19 heavy (non-hydrogen) atoms. The highest BCUT2D eigenvalue weighted by atomic mass is 16.5. The first-order chi connectivity index (χ1) is 9.22. The zero-order chi connectivity index (χ0) is 13.7. The SMILES string of the molecule is CCN1CCCC(Nc2ccc(OC)c(C)c2)CC1. The van der Waals surface area contributed by atoms with E-state index in [0.29, 0.717) is 6.04 Å². The standard InChI is InChI=1S/C16H26N2O/c1-4-18-10-5-6-14(9-11-18)17-15-7-8-16(19-3)13(2)12-15/h7-8,12,14,17H,4-6,9-11H2,1-3H3. The Balaban J connectivity index is 1.95. The number of hydrogen-bond acceptors (Lipinski definition) is 3. The lowest BCUT2D eigenvalue weighted by Gasteiger charge is -2.19. The van der Waals surface area contributed by atoms with Gasteiger partial charge in [-0.05, 0) is 63.0 Å². The minimum absolute atomic E-state index is 0.601. The van der Waals surface area contributed by atoms with E-state index in [4.69, 9.17) is 4.74 Å². The lowest BCUT2D eigenvalue weighted by atomic mass is 10.1. The highest BCUT2D eigenvalue weighted by Crippen LogP contribution is 2.23. The van der Waals surface area contributed by atoms with Gasteiger partial charge in [-0.25, -0.2) is 0 Å². The van der Waals surface area contributed by atoms with Crippen molar-refractivity contribution in [1.82, 2.24) is 4.90 Å². The Kier molecular flexibility index (Phi) is 5.08. The number of nitrogens with one attached hydrogen (secondary N) is 1. The zero-order valence-corrected chi connectivity index (χ0v) is 12.4. The molecule has 3 nitrogen and oxygen atoms in total. The Bertz CT molecular complexity index is 406. The van der Waals surface area contributed by atoms with E-state index in [-0.39, 0.29) is 0 Å². The Morgan fingerprint density at radius 3 is 2.84 bits per heavy atom. The van der Waals surface area contributed by atoms with Crippen molar-refractivity contribution in [2.45, 2.75) is 39.2 Å². The molecule has 3 heteroatoms. The summed E-state index contributed by atoms with van der Waals surface area (Å²) in [5.41, 5.74) is 2.41. The van der Waals surface area contributed by atoms with Crippen LogP contribution in [-0.4, -0.2) is 37.7 Å².